The van der Waals surface area contributed by atoms with Gasteiger partial charge in [0, 0.05) is 12.7 Å². The summed E-state index contributed by atoms with van der Waals surface area (Å²) in [7, 11) is 0. The van der Waals surface area contributed by atoms with Gasteiger partial charge in [-0.25, -0.2) is 15.2 Å². The van der Waals surface area contributed by atoms with Gasteiger partial charge in [-0.3, -0.25) is 0 Å². The standard InChI is InChI=1S/C13H14F2N4O2/c1-2-20-7-11-17-10(19-16)6-12(18-11)21-9-5-3-4-8(14)13(9)15/h3-6H,2,7,16H2,1H3,(H,17,18,19). The number of halogens is 2. The number of nitrogens with one attached hydrogen (secondary N) is 1. The maximum atomic E-state index is 13.6. The predicted octanol–water partition coefficient (Wildman–Crippen LogP) is 2.37. The molecule has 0 unspecified atom stereocenters. The Bertz CT molecular complexity index is 625. The van der Waals surface area contributed by atoms with Crippen molar-refractivity contribution in [3.63, 3.8) is 0 Å². The van der Waals surface area contributed by atoms with Crippen LogP contribution in [0.5, 0.6) is 11.6 Å². The lowest BCUT2D eigenvalue weighted by molar-refractivity contribution is 0.128. The van der Waals surface area contributed by atoms with Gasteiger partial charge >= 0.3 is 0 Å². The minimum Gasteiger partial charge on any atom is -0.436 e. The van der Waals surface area contributed by atoms with Gasteiger partial charge in [0.25, 0.3) is 0 Å². The van der Waals surface area contributed by atoms with Crippen LogP contribution in [0.4, 0.5) is 14.6 Å². The Morgan fingerprint density at radius 1 is 1.29 bits per heavy atom. The van der Waals surface area contributed by atoms with E-state index in [4.69, 9.17) is 15.3 Å². The molecule has 2 rings (SSSR count). The quantitative estimate of drug-likeness (QED) is 0.629. The number of aromatic nitrogens is 2. The van der Waals surface area contributed by atoms with Crippen molar-refractivity contribution in [1.29, 1.82) is 0 Å². The third kappa shape index (κ3) is 3.83. The monoisotopic (exact) mass is 296 g/mol. The van der Waals surface area contributed by atoms with Crippen LogP contribution in [0.25, 0.3) is 0 Å². The number of hydrogen-bond acceptors (Lipinski definition) is 6. The highest BCUT2D eigenvalue weighted by Crippen LogP contribution is 2.25. The highest BCUT2D eigenvalue weighted by molar-refractivity contribution is 5.39. The fourth-order valence-electron chi connectivity index (χ4n) is 1.53. The summed E-state index contributed by atoms with van der Waals surface area (Å²) in [6.07, 6.45) is 0. The van der Waals surface area contributed by atoms with Crippen molar-refractivity contribution in [1.82, 2.24) is 9.97 Å². The van der Waals surface area contributed by atoms with Crippen LogP contribution in [0.3, 0.4) is 0 Å². The zero-order valence-electron chi connectivity index (χ0n) is 11.3. The van der Waals surface area contributed by atoms with E-state index in [1.54, 1.807) is 0 Å². The van der Waals surface area contributed by atoms with Crippen LogP contribution in [0.15, 0.2) is 24.3 Å². The van der Waals surface area contributed by atoms with E-state index < -0.39 is 11.6 Å². The molecule has 0 aliphatic heterocycles. The molecule has 2 aromatic rings. The van der Waals surface area contributed by atoms with E-state index in [-0.39, 0.29) is 24.1 Å². The number of benzene rings is 1. The van der Waals surface area contributed by atoms with Gasteiger partial charge in [-0.2, -0.15) is 9.37 Å². The summed E-state index contributed by atoms with van der Waals surface area (Å²) in [5.41, 5.74) is 2.34. The largest absolute Gasteiger partial charge is 0.436 e. The molecule has 112 valence electrons. The van der Waals surface area contributed by atoms with Crippen LogP contribution in [0, 0.1) is 11.6 Å². The van der Waals surface area contributed by atoms with E-state index in [1.807, 2.05) is 6.92 Å². The summed E-state index contributed by atoms with van der Waals surface area (Å²) >= 11 is 0. The first-order valence-electron chi connectivity index (χ1n) is 6.18. The molecule has 3 N–H and O–H groups in total. The first-order valence-corrected chi connectivity index (χ1v) is 6.18. The summed E-state index contributed by atoms with van der Waals surface area (Å²) in [5.74, 6) is 3.51. The van der Waals surface area contributed by atoms with E-state index in [0.29, 0.717) is 12.4 Å². The van der Waals surface area contributed by atoms with Gasteiger partial charge in [-0.1, -0.05) is 6.07 Å². The smallest absolute Gasteiger partial charge is 0.224 e. The van der Waals surface area contributed by atoms with E-state index in [9.17, 15) is 8.78 Å². The van der Waals surface area contributed by atoms with Crippen molar-refractivity contribution >= 4 is 5.82 Å². The number of nitrogens with two attached hydrogens (primary N) is 1. The topological polar surface area (TPSA) is 82.3 Å². The summed E-state index contributed by atoms with van der Waals surface area (Å²) in [5, 5.41) is 0. The van der Waals surface area contributed by atoms with Gasteiger partial charge in [0.1, 0.15) is 12.4 Å². The van der Waals surface area contributed by atoms with Gasteiger partial charge in [0.15, 0.2) is 17.4 Å². The van der Waals surface area contributed by atoms with Crippen LogP contribution in [0.2, 0.25) is 0 Å². The molecule has 1 aromatic carbocycles. The number of anilines is 1. The minimum absolute atomic E-state index is 0.0251. The molecule has 0 aliphatic rings. The molecule has 1 aromatic heterocycles. The molecule has 0 spiro atoms. The summed E-state index contributed by atoms with van der Waals surface area (Å²) in [6.45, 7) is 2.46. The molecule has 21 heavy (non-hydrogen) atoms. The lowest BCUT2D eigenvalue weighted by Gasteiger charge is -2.09. The van der Waals surface area contributed by atoms with Crippen molar-refractivity contribution in [3.05, 3.63) is 41.7 Å². The van der Waals surface area contributed by atoms with E-state index in [0.717, 1.165) is 6.07 Å². The molecule has 0 radical (unpaired) electrons. The normalized spacial score (nSPS) is 10.5. The van der Waals surface area contributed by atoms with Crippen molar-refractivity contribution < 1.29 is 18.3 Å². The minimum atomic E-state index is -1.09. The summed E-state index contributed by atoms with van der Waals surface area (Å²) < 4.78 is 37.1. The second-order valence-electron chi connectivity index (χ2n) is 3.94. The molecular weight excluding hydrogens is 282 g/mol. The lowest BCUT2D eigenvalue weighted by atomic mass is 10.3. The van der Waals surface area contributed by atoms with Crippen LogP contribution in [0.1, 0.15) is 12.7 Å². The number of nitrogens with zero attached hydrogens (tertiary/aromatic N) is 2. The lowest BCUT2D eigenvalue weighted by Crippen LogP contribution is -2.11. The zero-order chi connectivity index (χ0) is 15.2. The van der Waals surface area contributed by atoms with Gasteiger partial charge in [0.05, 0.1) is 0 Å². The molecular formula is C13H14F2N4O2. The molecule has 1 heterocycles. The SMILES string of the molecule is CCOCc1nc(NN)cc(Oc2cccc(F)c2F)n1. The Balaban J connectivity index is 2.28. The van der Waals surface area contributed by atoms with Gasteiger partial charge in [-0.05, 0) is 19.1 Å². The molecule has 6 nitrogen and oxygen atoms in total. The summed E-state index contributed by atoms with van der Waals surface area (Å²) in [4.78, 5) is 8.09. The first-order chi connectivity index (χ1) is 10.1. The maximum Gasteiger partial charge on any atom is 0.224 e. The molecule has 8 heteroatoms. The van der Waals surface area contributed by atoms with E-state index >= 15 is 0 Å². The summed E-state index contributed by atoms with van der Waals surface area (Å²) in [6, 6.07) is 4.98. The number of rotatable bonds is 6. The van der Waals surface area contributed by atoms with Crippen LogP contribution in [-0.4, -0.2) is 16.6 Å². The molecule has 0 amide bonds. The number of nitrogen functional groups attached to an aromatic ring is 1. The molecule has 0 fully saturated rings. The van der Waals surface area contributed by atoms with Crippen molar-refractivity contribution in [2.75, 3.05) is 12.0 Å². The first kappa shape index (κ1) is 15.1. The van der Waals surface area contributed by atoms with E-state index in [1.165, 1.54) is 18.2 Å². The Morgan fingerprint density at radius 3 is 2.81 bits per heavy atom. The maximum absolute atomic E-state index is 13.6. The molecule has 0 bridgehead atoms. The second kappa shape index (κ2) is 6.91. The molecule has 0 saturated heterocycles. The Morgan fingerprint density at radius 2 is 2.10 bits per heavy atom. The number of hydrazine groups is 1. The predicted molar refractivity (Wildman–Crippen MR) is 71.6 cm³/mol. The Hall–Kier alpha value is -2.32. The van der Waals surface area contributed by atoms with Crippen molar-refractivity contribution in [2.24, 2.45) is 5.84 Å². The number of ether oxygens (including phenoxy) is 2. The van der Waals surface area contributed by atoms with Crippen LogP contribution >= 0.6 is 0 Å². The molecule has 0 saturated carbocycles. The van der Waals surface area contributed by atoms with Gasteiger partial charge in [0.2, 0.25) is 11.7 Å². The zero-order valence-corrected chi connectivity index (χ0v) is 11.3. The van der Waals surface area contributed by atoms with Gasteiger partial charge < -0.3 is 14.9 Å². The Labute approximate surface area is 119 Å². The third-order valence-corrected chi connectivity index (χ3v) is 2.46. The molecule has 0 aliphatic carbocycles. The van der Waals surface area contributed by atoms with Crippen LogP contribution < -0.4 is 16.0 Å². The number of hydrogen-bond donors (Lipinski definition) is 2. The average molecular weight is 296 g/mol. The average Bonchev–Trinajstić information content (AvgIpc) is 2.49. The fraction of sp³-hybridized carbons (Fsp3) is 0.231. The highest BCUT2D eigenvalue weighted by Gasteiger charge is 2.12. The Kier molecular flexibility index (Phi) is 4.96. The molecule has 0 atom stereocenters. The van der Waals surface area contributed by atoms with Crippen LogP contribution in [-0.2, 0) is 11.3 Å². The van der Waals surface area contributed by atoms with Gasteiger partial charge in [-0.15, -0.1) is 0 Å². The fourth-order valence-corrected chi connectivity index (χ4v) is 1.53. The van der Waals surface area contributed by atoms with E-state index in [2.05, 4.69) is 15.4 Å². The third-order valence-electron chi connectivity index (χ3n) is 2.46. The second-order valence-corrected chi connectivity index (χ2v) is 3.94. The highest BCUT2D eigenvalue weighted by atomic mass is 19.2. The van der Waals surface area contributed by atoms with Crippen molar-refractivity contribution in [3.8, 4) is 11.6 Å². The van der Waals surface area contributed by atoms with Crippen molar-refractivity contribution in [2.45, 2.75) is 13.5 Å².